The topological polar surface area (TPSA) is 25.8 Å². The van der Waals surface area contributed by atoms with Crippen LogP contribution in [0.5, 0.6) is 0 Å². The number of benzene rings is 10. The molecule has 0 amide bonds. The number of aromatic nitrogens is 2. The fourth-order valence-corrected chi connectivity index (χ4v) is 8.58. The molecule has 0 aliphatic heterocycles. The van der Waals surface area contributed by atoms with Crippen molar-refractivity contribution < 1.29 is 0 Å². The van der Waals surface area contributed by atoms with Crippen LogP contribution in [-0.2, 0) is 0 Å². The monoisotopic (exact) mass is 736 g/mol. The van der Waals surface area contributed by atoms with E-state index in [9.17, 15) is 0 Å². The van der Waals surface area contributed by atoms with E-state index < -0.39 is 0 Å². The minimum absolute atomic E-state index is 0.690. The molecular weight excluding hydrogens is 701 g/mol. The number of rotatable bonds is 6. The van der Waals surface area contributed by atoms with E-state index in [-0.39, 0.29) is 0 Å². The molecule has 0 spiro atoms. The molecule has 0 aliphatic rings. The first-order valence-electron chi connectivity index (χ1n) is 19.8. The summed E-state index contributed by atoms with van der Waals surface area (Å²) < 4.78 is 0. The zero-order valence-corrected chi connectivity index (χ0v) is 31.7. The van der Waals surface area contributed by atoms with Crippen molar-refractivity contribution in [2.75, 3.05) is 0 Å². The third kappa shape index (κ3) is 6.00. The maximum atomic E-state index is 5.29. The van der Waals surface area contributed by atoms with E-state index in [4.69, 9.17) is 9.97 Å². The van der Waals surface area contributed by atoms with Crippen LogP contribution in [0.4, 0.5) is 0 Å². The highest BCUT2D eigenvalue weighted by atomic mass is 14.9. The van der Waals surface area contributed by atoms with Gasteiger partial charge >= 0.3 is 0 Å². The van der Waals surface area contributed by atoms with Crippen LogP contribution in [-0.4, -0.2) is 9.97 Å². The van der Waals surface area contributed by atoms with Gasteiger partial charge in [0, 0.05) is 16.7 Å². The van der Waals surface area contributed by atoms with E-state index in [2.05, 4.69) is 218 Å². The van der Waals surface area contributed by atoms with Crippen LogP contribution in [0.2, 0.25) is 0 Å². The lowest BCUT2D eigenvalue weighted by atomic mass is 9.89. The summed E-state index contributed by atoms with van der Waals surface area (Å²) in [5.41, 5.74) is 11.9. The molecule has 10 aromatic carbocycles. The second kappa shape index (κ2) is 14.1. The molecule has 1 heterocycles. The highest BCUT2D eigenvalue weighted by Crippen LogP contribution is 2.40. The van der Waals surface area contributed by atoms with E-state index >= 15 is 0 Å². The summed E-state index contributed by atoms with van der Waals surface area (Å²) in [6.07, 6.45) is 0. The molecule has 1 aromatic heterocycles. The maximum absolute atomic E-state index is 5.29. The highest BCUT2D eigenvalue weighted by molar-refractivity contribution is 6.20. The molecule has 0 saturated heterocycles. The minimum Gasteiger partial charge on any atom is -0.228 e. The summed E-state index contributed by atoms with van der Waals surface area (Å²) in [5, 5.41) is 9.95. The minimum atomic E-state index is 0.690. The Kier molecular flexibility index (Phi) is 8.19. The molecule has 2 heteroatoms. The Bertz CT molecular complexity index is 3310. The van der Waals surface area contributed by atoms with Gasteiger partial charge in [-0.25, -0.2) is 9.97 Å². The molecule has 0 unspecified atom stereocenters. The molecule has 11 aromatic rings. The predicted molar refractivity (Wildman–Crippen MR) is 245 cm³/mol. The molecule has 11 rings (SSSR count). The van der Waals surface area contributed by atoms with Gasteiger partial charge in [-0.3, -0.25) is 0 Å². The molecule has 0 atom stereocenters. The molecule has 0 N–H and O–H groups in total. The smallest absolute Gasteiger partial charge is 0.160 e. The lowest BCUT2D eigenvalue weighted by Gasteiger charge is -2.15. The molecule has 0 aliphatic carbocycles. The third-order valence-corrected chi connectivity index (χ3v) is 11.5. The predicted octanol–water partition coefficient (Wildman–Crippen LogP) is 15.1. The second-order valence-corrected chi connectivity index (χ2v) is 14.9. The van der Waals surface area contributed by atoms with Gasteiger partial charge in [-0.2, -0.15) is 0 Å². The van der Waals surface area contributed by atoms with E-state index in [0.29, 0.717) is 5.82 Å². The van der Waals surface area contributed by atoms with Crippen molar-refractivity contribution in [2.24, 2.45) is 0 Å². The highest BCUT2D eigenvalue weighted by Gasteiger charge is 2.16. The van der Waals surface area contributed by atoms with Crippen molar-refractivity contribution in [2.45, 2.75) is 0 Å². The van der Waals surface area contributed by atoms with Gasteiger partial charge in [-0.15, -0.1) is 0 Å². The molecule has 0 saturated carbocycles. The fourth-order valence-electron chi connectivity index (χ4n) is 8.58. The normalized spacial score (nSPS) is 11.4. The van der Waals surface area contributed by atoms with Gasteiger partial charge in [0.25, 0.3) is 0 Å². The summed E-state index contributed by atoms with van der Waals surface area (Å²) >= 11 is 0. The van der Waals surface area contributed by atoms with Crippen LogP contribution in [0, 0.1) is 0 Å². The molecular formula is C56H36N2. The van der Waals surface area contributed by atoms with Gasteiger partial charge in [0.1, 0.15) is 0 Å². The number of hydrogen-bond acceptors (Lipinski definition) is 2. The average molecular weight is 737 g/mol. The fraction of sp³-hybridized carbons (Fsp3) is 0. The standard InChI is InChI=1S/C56H36N2/c1-2-12-37(13-3-1)38-24-26-41(27-25-38)53-36-54(46-19-10-18-44(34-46)49-23-11-17-39-14-4-7-20-47(39)49)58-56(57-53)43-30-28-42(29-31-43)55-50-22-9-6-16-45(50)35-52-48-21-8-5-15-40(48)32-33-51(52)55/h1-36H. The van der Waals surface area contributed by atoms with Gasteiger partial charge in [-0.05, 0) is 94.7 Å². The van der Waals surface area contributed by atoms with Crippen LogP contribution >= 0.6 is 0 Å². The largest absolute Gasteiger partial charge is 0.228 e. The van der Waals surface area contributed by atoms with Crippen molar-refractivity contribution in [1.82, 2.24) is 9.97 Å². The summed E-state index contributed by atoms with van der Waals surface area (Å²) in [6, 6.07) is 78.2. The molecule has 0 radical (unpaired) electrons. The SMILES string of the molecule is c1ccc(-c2ccc(-c3cc(-c4cccc(-c5cccc6ccccc56)c4)nc(-c4ccc(-c5c6ccccc6cc6c5ccc5ccccc56)cc4)n3)cc2)cc1. The Morgan fingerprint density at radius 1 is 0.241 bits per heavy atom. The Morgan fingerprint density at radius 2 is 0.776 bits per heavy atom. The van der Waals surface area contributed by atoms with E-state index in [1.807, 2.05) is 0 Å². The summed E-state index contributed by atoms with van der Waals surface area (Å²) in [4.78, 5) is 10.5. The summed E-state index contributed by atoms with van der Waals surface area (Å²) in [6.45, 7) is 0. The van der Waals surface area contributed by atoms with Crippen LogP contribution < -0.4 is 0 Å². The van der Waals surface area contributed by atoms with Gasteiger partial charge in [-0.1, -0.05) is 200 Å². The Morgan fingerprint density at radius 3 is 1.57 bits per heavy atom. The lowest BCUT2D eigenvalue weighted by Crippen LogP contribution is -1.96. The summed E-state index contributed by atoms with van der Waals surface area (Å²) in [7, 11) is 0. The lowest BCUT2D eigenvalue weighted by molar-refractivity contribution is 1.18. The molecule has 0 fully saturated rings. The van der Waals surface area contributed by atoms with Gasteiger partial charge in [0.05, 0.1) is 11.4 Å². The van der Waals surface area contributed by atoms with E-state index in [1.165, 1.54) is 65.3 Å². The van der Waals surface area contributed by atoms with E-state index in [1.54, 1.807) is 0 Å². The van der Waals surface area contributed by atoms with Crippen LogP contribution in [0.25, 0.3) is 110 Å². The maximum Gasteiger partial charge on any atom is 0.160 e. The molecule has 0 bridgehead atoms. The number of fused-ring (bicyclic) bond motifs is 5. The van der Waals surface area contributed by atoms with Gasteiger partial charge in [0.15, 0.2) is 5.82 Å². The Hall–Kier alpha value is -7.68. The zero-order chi connectivity index (χ0) is 38.4. The zero-order valence-electron chi connectivity index (χ0n) is 31.7. The van der Waals surface area contributed by atoms with Crippen LogP contribution in [0.15, 0.2) is 218 Å². The van der Waals surface area contributed by atoms with Crippen molar-refractivity contribution >= 4 is 43.1 Å². The molecule has 270 valence electrons. The Labute approximate surface area is 337 Å². The Balaban J connectivity index is 1.05. The number of nitrogens with zero attached hydrogens (tertiary/aromatic N) is 2. The van der Waals surface area contributed by atoms with Gasteiger partial charge < -0.3 is 0 Å². The van der Waals surface area contributed by atoms with Crippen molar-refractivity contribution in [1.29, 1.82) is 0 Å². The first-order valence-corrected chi connectivity index (χ1v) is 19.8. The quantitative estimate of drug-likeness (QED) is 0.125. The second-order valence-electron chi connectivity index (χ2n) is 14.9. The van der Waals surface area contributed by atoms with Crippen molar-refractivity contribution in [3.63, 3.8) is 0 Å². The van der Waals surface area contributed by atoms with E-state index in [0.717, 1.165) is 39.2 Å². The first kappa shape index (κ1) is 33.6. The molecule has 2 nitrogen and oxygen atoms in total. The van der Waals surface area contributed by atoms with Crippen molar-refractivity contribution in [3.05, 3.63) is 218 Å². The van der Waals surface area contributed by atoms with Crippen LogP contribution in [0.3, 0.4) is 0 Å². The number of hydrogen-bond donors (Lipinski definition) is 0. The summed E-state index contributed by atoms with van der Waals surface area (Å²) in [5.74, 6) is 0.690. The van der Waals surface area contributed by atoms with Crippen molar-refractivity contribution in [3.8, 4) is 67.3 Å². The first-order chi connectivity index (χ1) is 28.7. The third-order valence-electron chi connectivity index (χ3n) is 11.5. The molecule has 58 heavy (non-hydrogen) atoms. The van der Waals surface area contributed by atoms with Gasteiger partial charge in [0.2, 0.25) is 0 Å². The average Bonchev–Trinajstić information content (AvgIpc) is 3.31. The van der Waals surface area contributed by atoms with Crippen LogP contribution in [0.1, 0.15) is 0 Å².